The van der Waals surface area contributed by atoms with Crippen LogP contribution in [0.5, 0.6) is 0 Å². The topological polar surface area (TPSA) is 52.6 Å². The molecule has 0 aromatic rings. The van der Waals surface area contributed by atoms with Crippen LogP contribution in [-0.4, -0.2) is 28.6 Å². The summed E-state index contributed by atoms with van der Waals surface area (Å²) in [5.41, 5.74) is 0. The molecule has 0 radical (unpaired) electrons. The molecule has 0 aromatic carbocycles. The zero-order valence-corrected chi connectivity index (χ0v) is 18.0. The second-order valence-electron chi connectivity index (χ2n) is 8.97. The first-order valence-corrected chi connectivity index (χ1v) is 13.7. The van der Waals surface area contributed by atoms with Gasteiger partial charge in [-0.05, 0) is 36.3 Å². The molecule has 0 bridgehead atoms. The lowest BCUT2D eigenvalue weighted by atomic mass is 10.2. The Bertz CT molecular complexity index is 375. The van der Waals surface area contributed by atoms with Gasteiger partial charge in [-0.15, -0.1) is 0 Å². The third-order valence-corrected chi connectivity index (χ3v) is 13.6. The molecule has 6 heteroatoms. The molecule has 0 aliphatic rings. The SMILES string of the molecule is CC(C)(C)[Si](C)(C)OC(=O)CCC(=O)O[Si](C)(C)C(C)(C)C. The molecular formula is C16H34O4Si2. The predicted molar refractivity (Wildman–Crippen MR) is 95.8 cm³/mol. The van der Waals surface area contributed by atoms with Gasteiger partial charge in [-0.25, -0.2) is 0 Å². The van der Waals surface area contributed by atoms with Crippen molar-refractivity contribution in [3.8, 4) is 0 Å². The van der Waals surface area contributed by atoms with Crippen molar-refractivity contribution >= 4 is 28.6 Å². The van der Waals surface area contributed by atoms with Gasteiger partial charge < -0.3 is 8.85 Å². The van der Waals surface area contributed by atoms with Gasteiger partial charge in [0.1, 0.15) is 0 Å². The molecule has 130 valence electrons. The lowest BCUT2D eigenvalue weighted by Gasteiger charge is -2.36. The number of hydrogen-bond acceptors (Lipinski definition) is 4. The van der Waals surface area contributed by atoms with Gasteiger partial charge in [0.15, 0.2) is 0 Å². The summed E-state index contributed by atoms with van der Waals surface area (Å²) >= 11 is 0. The van der Waals surface area contributed by atoms with Crippen LogP contribution in [-0.2, 0) is 18.4 Å². The van der Waals surface area contributed by atoms with Crippen LogP contribution in [0.2, 0.25) is 36.3 Å². The molecule has 22 heavy (non-hydrogen) atoms. The molecule has 0 spiro atoms. The van der Waals surface area contributed by atoms with Gasteiger partial charge in [-0.2, -0.15) is 0 Å². The van der Waals surface area contributed by atoms with Crippen LogP contribution >= 0.6 is 0 Å². The van der Waals surface area contributed by atoms with Crippen molar-refractivity contribution in [3.63, 3.8) is 0 Å². The van der Waals surface area contributed by atoms with Crippen LogP contribution < -0.4 is 0 Å². The highest BCUT2D eigenvalue weighted by Crippen LogP contribution is 2.38. The Morgan fingerprint density at radius 2 is 0.909 bits per heavy atom. The van der Waals surface area contributed by atoms with Gasteiger partial charge in [0, 0.05) is 0 Å². The monoisotopic (exact) mass is 346 g/mol. The number of carbonyl (C=O) groups is 2. The molecule has 0 heterocycles. The zero-order valence-electron chi connectivity index (χ0n) is 16.0. The fraction of sp³-hybridized carbons (Fsp3) is 0.875. The van der Waals surface area contributed by atoms with Crippen molar-refractivity contribution in [2.75, 3.05) is 0 Å². The third-order valence-electron chi connectivity index (χ3n) is 4.88. The Labute approximate surface area is 138 Å². The molecule has 0 saturated heterocycles. The minimum absolute atomic E-state index is 0.0235. The summed E-state index contributed by atoms with van der Waals surface area (Å²) in [6, 6.07) is 0. The van der Waals surface area contributed by atoms with Crippen LogP contribution in [0.4, 0.5) is 0 Å². The molecular weight excluding hydrogens is 312 g/mol. The van der Waals surface area contributed by atoms with E-state index in [9.17, 15) is 9.59 Å². The van der Waals surface area contributed by atoms with Crippen LogP contribution in [0.3, 0.4) is 0 Å². The molecule has 0 atom stereocenters. The van der Waals surface area contributed by atoms with Gasteiger partial charge in [-0.3, -0.25) is 9.59 Å². The number of hydrogen-bond donors (Lipinski definition) is 0. The smallest absolute Gasteiger partial charge is 0.293 e. The first kappa shape index (κ1) is 21.4. The number of carbonyl (C=O) groups excluding carboxylic acids is 2. The van der Waals surface area contributed by atoms with E-state index in [1.165, 1.54) is 0 Å². The van der Waals surface area contributed by atoms with Crippen molar-refractivity contribution in [2.45, 2.75) is 90.6 Å². The summed E-state index contributed by atoms with van der Waals surface area (Å²) in [4.78, 5) is 24.0. The maximum atomic E-state index is 12.0. The Hall–Kier alpha value is -0.626. The Morgan fingerprint density at radius 1 is 0.682 bits per heavy atom. The minimum Gasteiger partial charge on any atom is -0.519 e. The first-order valence-electron chi connectivity index (χ1n) is 7.93. The third kappa shape index (κ3) is 6.24. The number of rotatable bonds is 5. The summed E-state index contributed by atoms with van der Waals surface area (Å²) in [7, 11) is -4.22. The molecule has 0 saturated carbocycles. The molecule has 4 nitrogen and oxygen atoms in total. The van der Waals surface area contributed by atoms with Gasteiger partial charge in [-0.1, -0.05) is 41.5 Å². The average Bonchev–Trinajstić information content (AvgIpc) is 2.21. The van der Waals surface area contributed by atoms with E-state index < -0.39 is 16.6 Å². The van der Waals surface area contributed by atoms with Gasteiger partial charge in [0.2, 0.25) is 0 Å². The van der Waals surface area contributed by atoms with Gasteiger partial charge >= 0.3 is 0 Å². The lowest BCUT2D eigenvalue weighted by molar-refractivity contribution is -0.141. The zero-order chi connectivity index (χ0) is 18.0. The second-order valence-corrected chi connectivity index (χ2v) is 18.4. The maximum Gasteiger partial charge on any atom is 0.293 e. The van der Waals surface area contributed by atoms with Gasteiger partial charge in [0.05, 0.1) is 12.8 Å². The fourth-order valence-electron chi connectivity index (χ4n) is 1.18. The van der Waals surface area contributed by atoms with Gasteiger partial charge in [0.25, 0.3) is 28.6 Å². The summed E-state index contributed by atoms with van der Waals surface area (Å²) < 4.78 is 11.3. The van der Waals surface area contributed by atoms with E-state index in [-0.39, 0.29) is 34.9 Å². The highest BCUT2D eigenvalue weighted by atomic mass is 28.4. The fourth-order valence-corrected chi connectivity index (χ4v) is 3.14. The van der Waals surface area contributed by atoms with Crippen LogP contribution in [0.1, 0.15) is 54.4 Å². The standard InChI is InChI=1S/C16H34O4Si2/c1-15(2,3)21(7,8)19-13(17)11-12-14(18)20-22(9,10)16(4,5)6/h11-12H2,1-10H3. The molecule has 0 unspecified atom stereocenters. The summed E-state index contributed by atoms with van der Waals surface area (Å²) in [5.74, 6) is -0.586. The van der Waals surface area contributed by atoms with E-state index in [0.717, 1.165) is 0 Å². The molecule has 0 rings (SSSR count). The molecule has 0 aromatic heterocycles. The van der Waals surface area contributed by atoms with E-state index >= 15 is 0 Å². The second kappa shape index (κ2) is 6.87. The normalized spacial score (nSPS) is 13.7. The van der Waals surface area contributed by atoms with Crippen LogP contribution in [0, 0.1) is 0 Å². The Morgan fingerprint density at radius 3 is 1.09 bits per heavy atom. The highest BCUT2D eigenvalue weighted by Gasteiger charge is 2.41. The van der Waals surface area contributed by atoms with Crippen molar-refractivity contribution in [3.05, 3.63) is 0 Å². The van der Waals surface area contributed by atoms with Crippen molar-refractivity contribution in [2.24, 2.45) is 0 Å². The van der Waals surface area contributed by atoms with Crippen LogP contribution in [0.15, 0.2) is 0 Å². The average molecular weight is 347 g/mol. The molecule has 0 N–H and O–H groups in total. The summed E-state index contributed by atoms with van der Waals surface area (Å²) in [6.45, 7) is 20.6. The lowest BCUT2D eigenvalue weighted by Crippen LogP contribution is -2.43. The van der Waals surface area contributed by atoms with E-state index in [1.807, 2.05) is 26.2 Å². The molecule has 0 fully saturated rings. The highest BCUT2D eigenvalue weighted by molar-refractivity contribution is 6.76. The minimum atomic E-state index is -2.11. The Kier molecular flexibility index (Phi) is 6.67. The molecule has 0 amide bonds. The first-order chi connectivity index (χ1) is 9.49. The van der Waals surface area contributed by atoms with E-state index in [1.54, 1.807) is 0 Å². The molecule has 0 aliphatic heterocycles. The largest absolute Gasteiger partial charge is 0.519 e. The quantitative estimate of drug-likeness (QED) is 0.667. The van der Waals surface area contributed by atoms with E-state index in [4.69, 9.17) is 8.85 Å². The van der Waals surface area contributed by atoms with Crippen molar-refractivity contribution in [1.82, 2.24) is 0 Å². The predicted octanol–water partition coefficient (Wildman–Crippen LogP) is 4.86. The van der Waals surface area contributed by atoms with Crippen LogP contribution in [0.25, 0.3) is 0 Å². The maximum absolute atomic E-state index is 12.0. The Balaban J connectivity index is 4.47. The van der Waals surface area contributed by atoms with E-state index in [0.29, 0.717) is 0 Å². The van der Waals surface area contributed by atoms with E-state index in [2.05, 4.69) is 41.5 Å². The summed E-state index contributed by atoms with van der Waals surface area (Å²) in [5, 5.41) is -0.0470. The molecule has 0 aliphatic carbocycles. The summed E-state index contributed by atoms with van der Waals surface area (Å²) in [6.07, 6.45) is 0.194. The van der Waals surface area contributed by atoms with Crippen molar-refractivity contribution in [1.29, 1.82) is 0 Å². The van der Waals surface area contributed by atoms with Crippen molar-refractivity contribution < 1.29 is 18.4 Å².